The largest absolute Gasteiger partial charge is 0.342 e. The smallest absolute Gasteiger partial charge is 0.222 e. The number of rotatable bonds is 4. The van der Waals surface area contributed by atoms with Crippen molar-refractivity contribution in [3.05, 3.63) is 35.4 Å². The third kappa shape index (κ3) is 4.02. The van der Waals surface area contributed by atoms with Gasteiger partial charge in [-0.05, 0) is 56.3 Å². The van der Waals surface area contributed by atoms with Crippen LogP contribution < -0.4 is 5.32 Å². The first-order chi connectivity index (χ1) is 10.2. The fourth-order valence-corrected chi connectivity index (χ4v) is 3.73. The van der Waals surface area contributed by atoms with Crippen LogP contribution in [-0.2, 0) is 4.79 Å². The first-order valence-corrected chi connectivity index (χ1v) is 8.28. The van der Waals surface area contributed by atoms with Gasteiger partial charge in [-0.25, -0.2) is 0 Å². The summed E-state index contributed by atoms with van der Waals surface area (Å²) in [6.45, 7) is 6.23. The zero-order valence-electron chi connectivity index (χ0n) is 13.4. The molecule has 22 heavy (non-hydrogen) atoms. The normalized spacial score (nSPS) is 24.3. The van der Waals surface area contributed by atoms with Crippen LogP contribution in [0.5, 0.6) is 0 Å². The van der Waals surface area contributed by atoms with Crippen molar-refractivity contribution in [3.63, 3.8) is 0 Å². The lowest BCUT2D eigenvalue weighted by atomic mass is 9.94. The van der Waals surface area contributed by atoms with Crippen molar-refractivity contribution in [2.24, 2.45) is 5.92 Å². The minimum absolute atomic E-state index is 0. The molecule has 2 fully saturated rings. The van der Waals surface area contributed by atoms with Crippen LogP contribution >= 0.6 is 12.4 Å². The van der Waals surface area contributed by atoms with E-state index >= 15 is 0 Å². The number of amides is 1. The van der Waals surface area contributed by atoms with Crippen LogP contribution in [0.4, 0.5) is 0 Å². The van der Waals surface area contributed by atoms with Gasteiger partial charge in [0, 0.05) is 25.4 Å². The summed E-state index contributed by atoms with van der Waals surface area (Å²) in [6, 6.07) is 8.59. The highest BCUT2D eigenvalue weighted by Gasteiger charge is 2.28. The molecule has 0 bridgehead atoms. The molecule has 0 aromatic heterocycles. The Bertz CT molecular complexity index is 500. The van der Waals surface area contributed by atoms with Crippen LogP contribution in [0, 0.1) is 12.8 Å². The van der Waals surface area contributed by atoms with Crippen molar-refractivity contribution in [3.8, 4) is 0 Å². The standard InChI is InChI=1S/C18H26N2O.ClH/c1-14-4-2-3-5-17(14)16-9-11-20(13-16)18(21)7-6-15-8-10-19-12-15;/h2-5,15-16,19H,6-13H2,1H3;1H. The Morgan fingerprint density at radius 3 is 2.86 bits per heavy atom. The van der Waals surface area contributed by atoms with Crippen LogP contribution in [0.2, 0.25) is 0 Å². The number of carbonyl (C=O) groups excluding carboxylic acids is 1. The van der Waals surface area contributed by atoms with Crippen LogP contribution in [-0.4, -0.2) is 37.0 Å². The number of hydrogen-bond donors (Lipinski definition) is 1. The predicted molar refractivity (Wildman–Crippen MR) is 92.6 cm³/mol. The second kappa shape index (κ2) is 7.98. The SMILES string of the molecule is Cc1ccccc1C1CCN(C(=O)CCC2CCNC2)C1.Cl. The number of aryl methyl sites for hydroxylation is 1. The molecule has 1 N–H and O–H groups in total. The molecule has 122 valence electrons. The van der Waals surface area contributed by atoms with E-state index in [-0.39, 0.29) is 12.4 Å². The van der Waals surface area contributed by atoms with Gasteiger partial charge in [-0.2, -0.15) is 0 Å². The van der Waals surface area contributed by atoms with Gasteiger partial charge in [-0.3, -0.25) is 4.79 Å². The van der Waals surface area contributed by atoms with Crippen LogP contribution in [0.3, 0.4) is 0 Å². The molecule has 2 unspecified atom stereocenters. The van der Waals surface area contributed by atoms with Gasteiger partial charge in [-0.1, -0.05) is 24.3 Å². The summed E-state index contributed by atoms with van der Waals surface area (Å²) < 4.78 is 0. The van der Waals surface area contributed by atoms with Crippen LogP contribution in [0.1, 0.15) is 42.7 Å². The summed E-state index contributed by atoms with van der Waals surface area (Å²) in [7, 11) is 0. The molecule has 2 heterocycles. The van der Waals surface area contributed by atoms with Gasteiger partial charge < -0.3 is 10.2 Å². The second-order valence-corrected chi connectivity index (χ2v) is 6.58. The molecule has 0 aliphatic carbocycles. The third-order valence-electron chi connectivity index (χ3n) is 5.10. The number of nitrogens with one attached hydrogen (secondary N) is 1. The highest BCUT2D eigenvalue weighted by molar-refractivity contribution is 5.85. The zero-order chi connectivity index (χ0) is 14.7. The number of halogens is 1. The number of likely N-dealkylation sites (tertiary alicyclic amines) is 1. The van der Waals surface area contributed by atoms with Crippen LogP contribution in [0.15, 0.2) is 24.3 Å². The lowest BCUT2D eigenvalue weighted by Crippen LogP contribution is -2.28. The first kappa shape index (κ1) is 17.3. The lowest BCUT2D eigenvalue weighted by molar-refractivity contribution is -0.130. The molecule has 1 amide bonds. The van der Waals surface area contributed by atoms with Crippen LogP contribution in [0.25, 0.3) is 0 Å². The van der Waals surface area contributed by atoms with E-state index in [0.717, 1.165) is 45.4 Å². The Labute approximate surface area is 139 Å². The van der Waals surface area contributed by atoms with E-state index in [2.05, 4.69) is 41.4 Å². The molecule has 3 nitrogen and oxygen atoms in total. The number of benzene rings is 1. The van der Waals surface area contributed by atoms with Gasteiger partial charge >= 0.3 is 0 Å². The Hall–Kier alpha value is -1.06. The van der Waals surface area contributed by atoms with Crippen molar-refractivity contribution in [1.29, 1.82) is 0 Å². The van der Waals surface area contributed by atoms with Gasteiger partial charge in [0.15, 0.2) is 0 Å². The second-order valence-electron chi connectivity index (χ2n) is 6.58. The Morgan fingerprint density at radius 2 is 2.14 bits per heavy atom. The monoisotopic (exact) mass is 322 g/mol. The van der Waals surface area contributed by atoms with Crippen molar-refractivity contribution in [2.75, 3.05) is 26.2 Å². The maximum atomic E-state index is 12.4. The van der Waals surface area contributed by atoms with Gasteiger partial charge in [0.1, 0.15) is 0 Å². The molecule has 1 aromatic rings. The molecular weight excluding hydrogens is 296 g/mol. The van der Waals surface area contributed by atoms with Crippen molar-refractivity contribution < 1.29 is 4.79 Å². The van der Waals surface area contributed by atoms with E-state index in [4.69, 9.17) is 0 Å². The van der Waals surface area contributed by atoms with Gasteiger partial charge in [-0.15, -0.1) is 12.4 Å². The summed E-state index contributed by atoms with van der Waals surface area (Å²) in [5.74, 6) is 1.60. The molecule has 2 atom stereocenters. The molecule has 0 radical (unpaired) electrons. The Balaban J connectivity index is 0.00000176. The van der Waals surface area contributed by atoms with Crippen molar-refractivity contribution in [2.45, 2.75) is 38.5 Å². The van der Waals surface area contributed by atoms with Crippen molar-refractivity contribution >= 4 is 18.3 Å². The number of carbonyl (C=O) groups is 1. The first-order valence-electron chi connectivity index (χ1n) is 8.28. The maximum Gasteiger partial charge on any atom is 0.222 e. The highest BCUT2D eigenvalue weighted by Crippen LogP contribution is 2.30. The summed E-state index contributed by atoms with van der Waals surface area (Å²) in [5.41, 5.74) is 2.78. The molecule has 2 aliphatic heterocycles. The fourth-order valence-electron chi connectivity index (χ4n) is 3.73. The van der Waals surface area contributed by atoms with E-state index in [1.165, 1.54) is 17.5 Å². The molecule has 0 spiro atoms. The number of nitrogens with zero attached hydrogens (tertiary/aromatic N) is 1. The summed E-state index contributed by atoms with van der Waals surface area (Å²) >= 11 is 0. The van der Waals surface area contributed by atoms with E-state index in [9.17, 15) is 4.79 Å². The molecule has 3 rings (SSSR count). The number of hydrogen-bond acceptors (Lipinski definition) is 2. The average molecular weight is 323 g/mol. The predicted octanol–water partition coefficient (Wildman–Crippen LogP) is 3.12. The van der Waals surface area contributed by atoms with Gasteiger partial charge in [0.05, 0.1) is 0 Å². The molecule has 4 heteroatoms. The summed E-state index contributed by atoms with van der Waals surface area (Å²) in [5, 5.41) is 3.38. The quantitative estimate of drug-likeness (QED) is 0.923. The maximum absolute atomic E-state index is 12.4. The fraction of sp³-hybridized carbons (Fsp3) is 0.611. The summed E-state index contributed by atoms with van der Waals surface area (Å²) in [6.07, 6.45) is 4.13. The minimum Gasteiger partial charge on any atom is -0.342 e. The lowest BCUT2D eigenvalue weighted by Gasteiger charge is -2.18. The molecule has 2 saturated heterocycles. The Kier molecular flexibility index (Phi) is 6.27. The van der Waals surface area contributed by atoms with Gasteiger partial charge in [0.2, 0.25) is 5.91 Å². The molecular formula is C18H27ClN2O. The van der Waals surface area contributed by atoms with E-state index in [0.29, 0.717) is 17.7 Å². The minimum atomic E-state index is 0. The van der Waals surface area contributed by atoms with Crippen molar-refractivity contribution in [1.82, 2.24) is 10.2 Å². The van der Waals surface area contributed by atoms with E-state index in [1.807, 2.05) is 0 Å². The summed E-state index contributed by atoms with van der Waals surface area (Å²) in [4.78, 5) is 14.5. The third-order valence-corrected chi connectivity index (χ3v) is 5.10. The molecule has 0 saturated carbocycles. The Morgan fingerprint density at radius 1 is 1.32 bits per heavy atom. The molecule has 2 aliphatic rings. The highest BCUT2D eigenvalue weighted by atomic mass is 35.5. The molecule has 1 aromatic carbocycles. The van der Waals surface area contributed by atoms with E-state index in [1.54, 1.807) is 0 Å². The zero-order valence-corrected chi connectivity index (χ0v) is 14.2. The average Bonchev–Trinajstić information content (AvgIpc) is 3.17. The van der Waals surface area contributed by atoms with E-state index < -0.39 is 0 Å². The topological polar surface area (TPSA) is 32.3 Å². The van der Waals surface area contributed by atoms with Gasteiger partial charge in [0.25, 0.3) is 0 Å².